The second-order valence-corrected chi connectivity index (χ2v) is 8.59. The van der Waals surface area contributed by atoms with Crippen LogP contribution in [0.3, 0.4) is 0 Å². The van der Waals surface area contributed by atoms with Gasteiger partial charge in [0, 0.05) is 12.5 Å². The Labute approximate surface area is 193 Å². The summed E-state index contributed by atoms with van der Waals surface area (Å²) >= 11 is 0. The van der Waals surface area contributed by atoms with Gasteiger partial charge in [-0.15, -0.1) is 0 Å². The Hall–Kier alpha value is -3.39. The van der Waals surface area contributed by atoms with E-state index in [1.54, 1.807) is 6.92 Å². The molecule has 3 rings (SSSR count). The molecular weight excluding hydrogens is 424 g/mol. The van der Waals surface area contributed by atoms with E-state index in [9.17, 15) is 19.5 Å². The number of fused-ring (bicyclic) bond motifs is 3. The van der Waals surface area contributed by atoms with Crippen LogP contribution in [0.2, 0.25) is 0 Å². The average Bonchev–Trinajstić information content (AvgIpc) is 3.09. The molecule has 2 unspecified atom stereocenters. The lowest BCUT2D eigenvalue weighted by atomic mass is 9.98. The number of hydrogen-bond acceptors (Lipinski definition) is 5. The van der Waals surface area contributed by atoms with Crippen molar-refractivity contribution in [3.8, 4) is 11.1 Å². The van der Waals surface area contributed by atoms with E-state index in [0.717, 1.165) is 28.7 Å². The molecule has 0 saturated carbocycles. The summed E-state index contributed by atoms with van der Waals surface area (Å²) in [4.78, 5) is 36.2. The van der Waals surface area contributed by atoms with E-state index in [-0.39, 0.29) is 19.1 Å². The van der Waals surface area contributed by atoms with Gasteiger partial charge in [-0.05, 0) is 35.6 Å². The summed E-state index contributed by atoms with van der Waals surface area (Å²) in [6.45, 7) is 3.48. The Morgan fingerprint density at radius 3 is 2.18 bits per heavy atom. The summed E-state index contributed by atoms with van der Waals surface area (Å²) in [5.74, 6) is -2.09. The Morgan fingerprint density at radius 1 is 1.06 bits per heavy atom. The highest BCUT2D eigenvalue weighted by molar-refractivity contribution is 5.89. The van der Waals surface area contributed by atoms with E-state index in [0.29, 0.717) is 6.42 Å². The van der Waals surface area contributed by atoms with Gasteiger partial charge in [0.05, 0.1) is 12.0 Å². The van der Waals surface area contributed by atoms with Crippen LogP contribution in [0.5, 0.6) is 0 Å². The summed E-state index contributed by atoms with van der Waals surface area (Å²) in [7, 11) is 0. The molecule has 8 heteroatoms. The predicted molar refractivity (Wildman–Crippen MR) is 123 cm³/mol. The Morgan fingerprint density at radius 2 is 1.64 bits per heavy atom. The number of carboxylic acids is 1. The van der Waals surface area contributed by atoms with Crippen LogP contribution in [0, 0.1) is 0 Å². The van der Waals surface area contributed by atoms with Crippen LogP contribution in [-0.2, 0) is 14.3 Å². The van der Waals surface area contributed by atoms with Crippen molar-refractivity contribution in [1.82, 2.24) is 10.6 Å². The number of hydrogen-bond donors (Lipinski definition) is 4. The van der Waals surface area contributed by atoms with Crippen molar-refractivity contribution >= 4 is 18.0 Å². The average molecular weight is 455 g/mol. The fraction of sp³-hybridized carbons (Fsp3) is 0.400. The van der Waals surface area contributed by atoms with Gasteiger partial charge in [-0.3, -0.25) is 9.59 Å². The van der Waals surface area contributed by atoms with Gasteiger partial charge >= 0.3 is 12.1 Å². The lowest BCUT2D eigenvalue weighted by Crippen LogP contribution is -2.51. The van der Waals surface area contributed by atoms with Crippen molar-refractivity contribution in [3.05, 3.63) is 59.7 Å². The molecule has 0 fully saturated rings. The van der Waals surface area contributed by atoms with Crippen molar-refractivity contribution in [2.45, 2.75) is 50.7 Å². The van der Waals surface area contributed by atoms with Gasteiger partial charge in [0.1, 0.15) is 12.6 Å². The largest absolute Gasteiger partial charge is 0.481 e. The number of carboxylic acid groups (broad SMARTS) is 1. The highest BCUT2D eigenvalue weighted by Crippen LogP contribution is 2.44. The second kappa shape index (κ2) is 10.5. The zero-order chi connectivity index (χ0) is 24.0. The number of alkyl carbamates (subject to hydrolysis) is 1. The number of ether oxygens (including phenoxy) is 1. The number of carbonyl (C=O) groups excluding carboxylic acids is 2. The molecule has 33 heavy (non-hydrogen) atoms. The summed E-state index contributed by atoms with van der Waals surface area (Å²) in [6.07, 6.45) is -0.291. The maximum absolute atomic E-state index is 12.5. The summed E-state index contributed by atoms with van der Waals surface area (Å²) in [5.41, 5.74) is 3.14. The van der Waals surface area contributed by atoms with Crippen LogP contribution in [0.1, 0.15) is 50.2 Å². The molecule has 1 aliphatic carbocycles. The van der Waals surface area contributed by atoms with Gasteiger partial charge in [-0.2, -0.15) is 0 Å². The summed E-state index contributed by atoms with van der Waals surface area (Å²) in [5, 5.41) is 24.3. The number of amides is 2. The first-order chi connectivity index (χ1) is 15.7. The van der Waals surface area contributed by atoms with Crippen molar-refractivity contribution < 1.29 is 29.3 Å². The van der Waals surface area contributed by atoms with E-state index in [4.69, 9.17) is 9.84 Å². The normalized spacial score (nSPS) is 15.0. The number of aliphatic hydroxyl groups is 1. The maximum Gasteiger partial charge on any atom is 0.407 e. The van der Waals surface area contributed by atoms with Gasteiger partial charge in [-0.1, -0.05) is 61.9 Å². The summed E-state index contributed by atoms with van der Waals surface area (Å²) in [6, 6.07) is 14.5. The number of aliphatic carboxylic acids is 1. The zero-order valence-electron chi connectivity index (χ0n) is 18.8. The smallest absolute Gasteiger partial charge is 0.407 e. The number of benzene rings is 2. The van der Waals surface area contributed by atoms with E-state index < -0.39 is 36.0 Å². The first kappa shape index (κ1) is 24.3. The number of nitrogens with one attached hydrogen (secondary N) is 2. The highest BCUT2D eigenvalue weighted by atomic mass is 16.5. The molecule has 0 spiro atoms. The minimum absolute atomic E-state index is 0.0481. The Bertz CT molecular complexity index is 974. The van der Waals surface area contributed by atoms with Crippen LogP contribution in [-0.4, -0.2) is 53.0 Å². The number of carbonyl (C=O) groups is 3. The van der Waals surface area contributed by atoms with Crippen molar-refractivity contribution in [3.63, 3.8) is 0 Å². The SMILES string of the molecule is CCCC(C)(O)CNC(=O)C(CC(=O)O)NC(=O)OCC1c2ccccc2-c2ccccc21. The monoisotopic (exact) mass is 454 g/mol. The molecular formula is C25H30N2O6. The molecule has 2 aromatic rings. The standard InChI is InChI=1S/C25H30N2O6/c1-3-12-25(2,32)15-26-23(30)21(13-22(28)29)27-24(31)33-14-20-18-10-6-4-8-16(18)17-9-5-7-11-19(17)20/h4-11,20-21,32H,3,12-15H2,1-2H3,(H,26,30)(H,27,31)(H,28,29). The van der Waals surface area contributed by atoms with Gasteiger partial charge < -0.3 is 25.6 Å². The molecule has 176 valence electrons. The van der Waals surface area contributed by atoms with Crippen LogP contribution in [0.4, 0.5) is 4.79 Å². The molecule has 0 heterocycles. The second-order valence-electron chi connectivity index (χ2n) is 8.59. The first-order valence-electron chi connectivity index (χ1n) is 11.0. The third kappa shape index (κ3) is 6.10. The molecule has 4 N–H and O–H groups in total. The van der Waals surface area contributed by atoms with Gasteiger partial charge in [0.25, 0.3) is 0 Å². The lowest BCUT2D eigenvalue weighted by Gasteiger charge is -2.25. The highest BCUT2D eigenvalue weighted by Gasteiger charge is 2.31. The third-order valence-corrected chi connectivity index (χ3v) is 5.76. The fourth-order valence-electron chi connectivity index (χ4n) is 4.19. The molecule has 8 nitrogen and oxygen atoms in total. The Kier molecular flexibility index (Phi) is 7.71. The third-order valence-electron chi connectivity index (χ3n) is 5.76. The molecule has 0 radical (unpaired) electrons. The summed E-state index contributed by atoms with van der Waals surface area (Å²) < 4.78 is 5.41. The van der Waals surface area contributed by atoms with Crippen molar-refractivity contribution in [2.75, 3.05) is 13.2 Å². The Balaban J connectivity index is 1.63. The molecule has 2 atom stereocenters. The first-order valence-corrected chi connectivity index (χ1v) is 11.0. The number of rotatable bonds is 10. The molecule has 0 bridgehead atoms. The van der Waals surface area contributed by atoms with Crippen molar-refractivity contribution in [1.29, 1.82) is 0 Å². The van der Waals surface area contributed by atoms with Crippen LogP contribution in [0.15, 0.2) is 48.5 Å². The molecule has 0 aromatic heterocycles. The van der Waals surface area contributed by atoms with E-state index >= 15 is 0 Å². The lowest BCUT2D eigenvalue weighted by molar-refractivity contribution is -0.140. The molecule has 2 amide bonds. The molecule has 0 aliphatic heterocycles. The van der Waals surface area contributed by atoms with Crippen LogP contribution >= 0.6 is 0 Å². The van der Waals surface area contributed by atoms with E-state index in [1.807, 2.05) is 55.5 Å². The minimum Gasteiger partial charge on any atom is -0.481 e. The predicted octanol–water partition coefficient (Wildman–Crippen LogP) is 3.04. The van der Waals surface area contributed by atoms with Crippen LogP contribution < -0.4 is 10.6 Å². The molecule has 2 aromatic carbocycles. The maximum atomic E-state index is 12.5. The van der Waals surface area contributed by atoms with Gasteiger partial charge in [0.15, 0.2) is 0 Å². The van der Waals surface area contributed by atoms with E-state index in [1.165, 1.54) is 0 Å². The van der Waals surface area contributed by atoms with Gasteiger partial charge in [-0.25, -0.2) is 4.79 Å². The topological polar surface area (TPSA) is 125 Å². The molecule has 1 aliphatic rings. The molecule has 0 saturated heterocycles. The quantitative estimate of drug-likeness (QED) is 0.437. The fourth-order valence-corrected chi connectivity index (χ4v) is 4.19. The zero-order valence-corrected chi connectivity index (χ0v) is 18.8. The van der Waals surface area contributed by atoms with Gasteiger partial charge in [0.2, 0.25) is 5.91 Å². The van der Waals surface area contributed by atoms with E-state index in [2.05, 4.69) is 10.6 Å². The minimum atomic E-state index is -1.32. The van der Waals surface area contributed by atoms with Crippen molar-refractivity contribution in [2.24, 2.45) is 0 Å². The van der Waals surface area contributed by atoms with Crippen LogP contribution in [0.25, 0.3) is 11.1 Å².